The van der Waals surface area contributed by atoms with Crippen LogP contribution in [0.25, 0.3) is 0 Å². The zero-order valence-corrected chi connectivity index (χ0v) is 13.0. The fraction of sp³-hybridized carbons (Fsp3) is 0.625. The number of rotatable bonds is 5. The van der Waals surface area contributed by atoms with E-state index < -0.39 is 0 Å². The van der Waals surface area contributed by atoms with Gasteiger partial charge in [0, 0.05) is 36.9 Å². The van der Waals surface area contributed by atoms with E-state index in [2.05, 4.69) is 50.8 Å². The van der Waals surface area contributed by atoms with Crippen LogP contribution in [-0.4, -0.2) is 37.7 Å². The van der Waals surface area contributed by atoms with Crippen molar-refractivity contribution in [3.63, 3.8) is 0 Å². The van der Waals surface area contributed by atoms with Gasteiger partial charge in [0.05, 0.1) is 6.54 Å². The Hall–Kier alpha value is -1.62. The summed E-state index contributed by atoms with van der Waals surface area (Å²) in [5, 5.41) is 7.13. The summed E-state index contributed by atoms with van der Waals surface area (Å²) in [5.74, 6) is 1.91. The van der Waals surface area contributed by atoms with E-state index in [0.29, 0.717) is 6.04 Å². The number of aromatic amines is 1. The Kier molecular flexibility index (Phi) is 4.39. The summed E-state index contributed by atoms with van der Waals surface area (Å²) in [7, 11) is 0. The molecule has 1 aliphatic heterocycles. The number of H-pyrrole nitrogens is 1. The van der Waals surface area contributed by atoms with Crippen LogP contribution in [0.5, 0.6) is 0 Å². The smallest absolute Gasteiger partial charge is 0.123 e. The van der Waals surface area contributed by atoms with Gasteiger partial charge in [0.15, 0.2) is 0 Å². The van der Waals surface area contributed by atoms with Crippen molar-refractivity contribution in [1.29, 1.82) is 0 Å². The molecule has 1 saturated heterocycles. The molecule has 1 aliphatic rings. The second-order valence-corrected chi connectivity index (χ2v) is 6.37. The lowest BCUT2D eigenvalue weighted by Gasteiger charge is -2.32. The summed E-state index contributed by atoms with van der Waals surface area (Å²) >= 11 is 0. The minimum absolute atomic E-state index is 0.480. The maximum Gasteiger partial charge on any atom is 0.123 e. The third kappa shape index (κ3) is 3.53. The molecule has 1 fully saturated rings. The molecule has 5 heteroatoms. The van der Waals surface area contributed by atoms with Gasteiger partial charge in [-0.15, -0.1) is 0 Å². The molecular weight excluding hydrogens is 262 g/mol. The molecule has 3 heterocycles. The summed E-state index contributed by atoms with van der Waals surface area (Å²) in [4.78, 5) is 7.08. The average Bonchev–Trinajstić information content (AvgIpc) is 3.10. The molecule has 0 unspecified atom stereocenters. The predicted octanol–water partition coefficient (Wildman–Crippen LogP) is 2.64. The van der Waals surface area contributed by atoms with E-state index in [1.807, 2.05) is 12.4 Å². The van der Waals surface area contributed by atoms with E-state index >= 15 is 0 Å². The molecule has 0 bridgehead atoms. The number of aromatic nitrogens is 4. The lowest BCUT2D eigenvalue weighted by molar-refractivity contribution is 0.160. The third-order valence-corrected chi connectivity index (χ3v) is 4.34. The zero-order chi connectivity index (χ0) is 14.7. The Morgan fingerprint density at radius 2 is 2.29 bits per heavy atom. The van der Waals surface area contributed by atoms with E-state index in [1.54, 1.807) is 0 Å². The van der Waals surface area contributed by atoms with Gasteiger partial charge in [-0.3, -0.25) is 10.00 Å². The van der Waals surface area contributed by atoms with Gasteiger partial charge in [0.25, 0.3) is 0 Å². The van der Waals surface area contributed by atoms with Crippen LogP contribution in [0, 0.1) is 5.92 Å². The lowest BCUT2D eigenvalue weighted by Crippen LogP contribution is -2.36. The van der Waals surface area contributed by atoms with Crippen molar-refractivity contribution in [2.24, 2.45) is 5.92 Å². The fourth-order valence-corrected chi connectivity index (χ4v) is 3.31. The third-order valence-electron chi connectivity index (χ3n) is 4.34. The molecule has 2 aromatic rings. The molecule has 5 nitrogen and oxygen atoms in total. The fourth-order valence-electron chi connectivity index (χ4n) is 3.31. The van der Waals surface area contributed by atoms with Gasteiger partial charge in [0.2, 0.25) is 0 Å². The molecule has 3 rings (SSSR count). The highest BCUT2D eigenvalue weighted by Gasteiger charge is 2.22. The average molecular weight is 287 g/mol. The molecule has 0 saturated carbocycles. The maximum absolute atomic E-state index is 4.54. The molecule has 1 atom stereocenters. The first-order valence-electron chi connectivity index (χ1n) is 7.94. The second kappa shape index (κ2) is 6.43. The van der Waals surface area contributed by atoms with Crippen LogP contribution in [0.4, 0.5) is 0 Å². The SMILES string of the molecule is CC(C)n1ccnc1CN1CCC[C@H](Cc2ccn[nH]2)C1. The van der Waals surface area contributed by atoms with Crippen LogP contribution in [0.2, 0.25) is 0 Å². The Balaban J connectivity index is 1.59. The van der Waals surface area contributed by atoms with E-state index in [9.17, 15) is 0 Å². The van der Waals surface area contributed by atoms with Gasteiger partial charge in [-0.25, -0.2) is 4.98 Å². The first-order chi connectivity index (χ1) is 10.2. The van der Waals surface area contributed by atoms with Crippen molar-refractivity contribution in [2.75, 3.05) is 13.1 Å². The van der Waals surface area contributed by atoms with Crippen LogP contribution in [0.15, 0.2) is 24.7 Å². The lowest BCUT2D eigenvalue weighted by atomic mass is 9.93. The number of imidazole rings is 1. The summed E-state index contributed by atoms with van der Waals surface area (Å²) < 4.78 is 2.28. The highest BCUT2D eigenvalue weighted by Crippen LogP contribution is 2.21. The molecule has 114 valence electrons. The largest absolute Gasteiger partial charge is 0.331 e. The Labute approximate surface area is 126 Å². The topological polar surface area (TPSA) is 49.7 Å². The van der Waals surface area contributed by atoms with Crippen LogP contribution in [0.1, 0.15) is 44.2 Å². The van der Waals surface area contributed by atoms with Crippen LogP contribution < -0.4 is 0 Å². The second-order valence-electron chi connectivity index (χ2n) is 6.37. The quantitative estimate of drug-likeness (QED) is 0.919. The Bertz CT molecular complexity index is 543. The molecule has 0 aromatic carbocycles. The number of hydrogen-bond donors (Lipinski definition) is 1. The molecular formula is C16H25N5. The zero-order valence-electron chi connectivity index (χ0n) is 13.0. The van der Waals surface area contributed by atoms with Crippen molar-refractivity contribution in [2.45, 2.75) is 45.7 Å². The summed E-state index contributed by atoms with van der Waals surface area (Å²) in [5.41, 5.74) is 1.26. The minimum atomic E-state index is 0.480. The molecule has 2 aromatic heterocycles. The molecule has 1 N–H and O–H groups in total. The van der Waals surface area contributed by atoms with Crippen molar-refractivity contribution in [1.82, 2.24) is 24.6 Å². The van der Waals surface area contributed by atoms with Gasteiger partial charge in [0.1, 0.15) is 5.82 Å². The number of nitrogens with zero attached hydrogens (tertiary/aromatic N) is 4. The minimum Gasteiger partial charge on any atom is -0.331 e. The molecule has 0 radical (unpaired) electrons. The van der Waals surface area contributed by atoms with E-state index in [0.717, 1.165) is 25.4 Å². The molecule has 0 aliphatic carbocycles. The van der Waals surface area contributed by atoms with Gasteiger partial charge in [-0.2, -0.15) is 5.10 Å². The van der Waals surface area contributed by atoms with E-state index in [-0.39, 0.29) is 0 Å². The Morgan fingerprint density at radius 3 is 3.05 bits per heavy atom. The van der Waals surface area contributed by atoms with Gasteiger partial charge in [-0.1, -0.05) is 0 Å². The van der Waals surface area contributed by atoms with Crippen molar-refractivity contribution >= 4 is 0 Å². The van der Waals surface area contributed by atoms with Gasteiger partial charge >= 0.3 is 0 Å². The van der Waals surface area contributed by atoms with Crippen LogP contribution >= 0.6 is 0 Å². The number of piperidine rings is 1. The standard InChI is InChI=1S/C16H25N5/c1-13(2)21-9-7-17-16(21)12-20-8-3-4-14(11-20)10-15-5-6-18-19-15/h5-7,9,13-14H,3-4,8,10-12H2,1-2H3,(H,18,19)/t14-/m1/s1. The van der Waals surface area contributed by atoms with Crippen molar-refractivity contribution in [3.05, 3.63) is 36.2 Å². The summed E-state index contributed by atoms with van der Waals surface area (Å²) in [6, 6.07) is 2.57. The maximum atomic E-state index is 4.54. The number of hydrogen-bond acceptors (Lipinski definition) is 3. The highest BCUT2D eigenvalue weighted by molar-refractivity contribution is 5.00. The highest BCUT2D eigenvalue weighted by atomic mass is 15.2. The van der Waals surface area contributed by atoms with Gasteiger partial charge < -0.3 is 4.57 Å². The predicted molar refractivity (Wildman–Crippen MR) is 82.9 cm³/mol. The van der Waals surface area contributed by atoms with Gasteiger partial charge in [-0.05, 0) is 51.6 Å². The monoisotopic (exact) mass is 287 g/mol. The molecule has 21 heavy (non-hydrogen) atoms. The van der Waals surface area contributed by atoms with E-state index in [4.69, 9.17) is 0 Å². The summed E-state index contributed by atoms with van der Waals surface area (Å²) in [6.07, 6.45) is 9.55. The molecule has 0 spiro atoms. The van der Waals surface area contributed by atoms with Crippen LogP contribution in [-0.2, 0) is 13.0 Å². The van der Waals surface area contributed by atoms with E-state index in [1.165, 1.54) is 30.9 Å². The van der Waals surface area contributed by atoms with Crippen molar-refractivity contribution in [3.8, 4) is 0 Å². The first-order valence-corrected chi connectivity index (χ1v) is 7.94. The Morgan fingerprint density at radius 1 is 1.38 bits per heavy atom. The van der Waals surface area contributed by atoms with Crippen molar-refractivity contribution < 1.29 is 0 Å². The normalized spacial score (nSPS) is 20.2. The number of likely N-dealkylation sites (tertiary alicyclic amines) is 1. The van der Waals surface area contributed by atoms with Crippen LogP contribution in [0.3, 0.4) is 0 Å². The molecule has 0 amide bonds. The first kappa shape index (κ1) is 14.3. The number of nitrogens with one attached hydrogen (secondary N) is 1. The summed E-state index contributed by atoms with van der Waals surface area (Å²) in [6.45, 7) is 7.73.